The molecule has 0 aliphatic rings. The fourth-order valence-corrected chi connectivity index (χ4v) is 3.64. The fraction of sp³-hybridized carbons (Fsp3) is 0.909. The van der Waals surface area contributed by atoms with Crippen molar-refractivity contribution in [1.29, 1.82) is 0 Å². The highest BCUT2D eigenvalue weighted by Gasteiger charge is 2.32. The molecule has 2 N–H and O–H groups in total. The number of carboxylic acids is 2. The van der Waals surface area contributed by atoms with E-state index in [0.29, 0.717) is 12.8 Å². The Morgan fingerprint density at radius 3 is 1.08 bits per heavy atom. The second-order valence-corrected chi connectivity index (χ2v) is 7.71. The molecule has 0 fully saturated rings. The first-order valence-corrected chi connectivity index (χ1v) is 11.0. The van der Waals surface area contributed by atoms with Crippen molar-refractivity contribution < 1.29 is 19.8 Å². The number of hydrogen-bond donors (Lipinski definition) is 2. The van der Waals surface area contributed by atoms with Crippen molar-refractivity contribution >= 4 is 11.9 Å². The van der Waals surface area contributed by atoms with Crippen LogP contribution in [0.25, 0.3) is 0 Å². The molecule has 0 heterocycles. The van der Waals surface area contributed by atoms with Crippen LogP contribution in [0, 0.1) is 11.8 Å². The summed E-state index contributed by atoms with van der Waals surface area (Å²) in [6.45, 7) is 4.38. The Morgan fingerprint density at radius 2 is 0.808 bits per heavy atom. The molecule has 26 heavy (non-hydrogen) atoms. The summed E-state index contributed by atoms with van der Waals surface area (Å²) >= 11 is 0. The van der Waals surface area contributed by atoms with Crippen molar-refractivity contribution in [1.82, 2.24) is 0 Å². The number of hydrogen-bond acceptors (Lipinski definition) is 2. The van der Waals surface area contributed by atoms with Gasteiger partial charge >= 0.3 is 11.9 Å². The number of carboxylic acid groups (broad SMARTS) is 2. The molecule has 0 rings (SSSR count). The number of aliphatic carboxylic acids is 2. The van der Waals surface area contributed by atoms with Gasteiger partial charge in [-0.15, -0.1) is 0 Å². The minimum absolute atomic E-state index is 0.497. The van der Waals surface area contributed by atoms with E-state index in [1.165, 1.54) is 51.4 Å². The van der Waals surface area contributed by atoms with Gasteiger partial charge in [0.05, 0.1) is 11.8 Å². The highest BCUT2D eigenvalue weighted by molar-refractivity contribution is 5.79. The first kappa shape index (κ1) is 24.9. The molecule has 0 radical (unpaired) electrons. The van der Waals surface area contributed by atoms with E-state index in [9.17, 15) is 19.8 Å². The van der Waals surface area contributed by atoms with Crippen molar-refractivity contribution in [3.63, 3.8) is 0 Å². The number of carbonyl (C=O) groups is 2. The van der Waals surface area contributed by atoms with Gasteiger partial charge < -0.3 is 10.2 Å². The molecular formula is C22H42O4. The van der Waals surface area contributed by atoms with Crippen LogP contribution in [0.4, 0.5) is 0 Å². The van der Waals surface area contributed by atoms with Gasteiger partial charge in [-0.05, 0) is 12.8 Å². The van der Waals surface area contributed by atoms with Gasteiger partial charge in [-0.3, -0.25) is 9.59 Å². The van der Waals surface area contributed by atoms with E-state index in [1.807, 2.05) is 0 Å². The summed E-state index contributed by atoms with van der Waals surface area (Å²) in [7, 11) is 0. The Labute approximate surface area is 160 Å². The first-order valence-electron chi connectivity index (χ1n) is 11.0. The van der Waals surface area contributed by atoms with Crippen molar-refractivity contribution in [2.24, 2.45) is 11.8 Å². The normalized spacial score (nSPS) is 13.5. The van der Waals surface area contributed by atoms with E-state index >= 15 is 0 Å². The third-order valence-corrected chi connectivity index (χ3v) is 5.36. The highest BCUT2D eigenvalue weighted by Crippen LogP contribution is 2.26. The summed E-state index contributed by atoms with van der Waals surface area (Å²) in [6, 6.07) is 0. The van der Waals surface area contributed by atoms with Gasteiger partial charge in [0.1, 0.15) is 0 Å². The van der Waals surface area contributed by atoms with Gasteiger partial charge in [-0.25, -0.2) is 0 Å². The minimum Gasteiger partial charge on any atom is -0.481 e. The lowest BCUT2D eigenvalue weighted by Crippen LogP contribution is -2.30. The molecule has 0 aromatic heterocycles. The Hall–Kier alpha value is -1.06. The molecule has 0 aromatic carbocycles. The molecule has 0 saturated heterocycles. The van der Waals surface area contributed by atoms with Gasteiger partial charge in [0.15, 0.2) is 0 Å². The van der Waals surface area contributed by atoms with Gasteiger partial charge in [0.25, 0.3) is 0 Å². The van der Waals surface area contributed by atoms with E-state index in [4.69, 9.17) is 0 Å². The van der Waals surface area contributed by atoms with Crippen LogP contribution in [0.1, 0.15) is 117 Å². The first-order chi connectivity index (χ1) is 12.5. The Morgan fingerprint density at radius 1 is 0.538 bits per heavy atom. The molecule has 0 bridgehead atoms. The molecule has 0 aromatic rings. The molecule has 154 valence electrons. The van der Waals surface area contributed by atoms with E-state index in [2.05, 4.69) is 13.8 Å². The third kappa shape index (κ3) is 13.2. The van der Waals surface area contributed by atoms with Crippen LogP contribution in [-0.4, -0.2) is 22.2 Å². The monoisotopic (exact) mass is 370 g/mol. The molecule has 2 unspecified atom stereocenters. The third-order valence-electron chi connectivity index (χ3n) is 5.36. The summed E-state index contributed by atoms with van der Waals surface area (Å²) < 4.78 is 0. The SMILES string of the molecule is CCCCCCCCCC(C(=O)O)C(CCCCCCCCC)C(=O)O. The molecule has 2 atom stereocenters. The summed E-state index contributed by atoms with van der Waals surface area (Å²) in [6.07, 6.45) is 16.8. The lowest BCUT2D eigenvalue weighted by atomic mass is 9.84. The zero-order valence-electron chi connectivity index (χ0n) is 17.2. The Balaban J connectivity index is 4.14. The molecule has 0 amide bonds. The van der Waals surface area contributed by atoms with E-state index < -0.39 is 23.8 Å². The van der Waals surface area contributed by atoms with Gasteiger partial charge in [0, 0.05) is 0 Å². The molecule has 0 aliphatic heterocycles. The number of unbranched alkanes of at least 4 members (excludes halogenated alkanes) is 12. The molecule has 4 heteroatoms. The van der Waals surface area contributed by atoms with Crippen LogP contribution < -0.4 is 0 Å². The predicted molar refractivity (Wildman–Crippen MR) is 107 cm³/mol. The largest absolute Gasteiger partial charge is 0.481 e. The van der Waals surface area contributed by atoms with Crippen LogP contribution in [0.2, 0.25) is 0 Å². The lowest BCUT2D eigenvalue weighted by molar-refractivity contribution is -0.154. The lowest BCUT2D eigenvalue weighted by Gasteiger charge is -2.20. The second-order valence-electron chi connectivity index (χ2n) is 7.71. The fourth-order valence-electron chi connectivity index (χ4n) is 3.64. The van der Waals surface area contributed by atoms with E-state index in [0.717, 1.165) is 38.5 Å². The molecule has 0 aliphatic carbocycles. The summed E-state index contributed by atoms with van der Waals surface area (Å²) in [5, 5.41) is 19.0. The average molecular weight is 371 g/mol. The molecular weight excluding hydrogens is 328 g/mol. The zero-order chi connectivity index (χ0) is 19.6. The van der Waals surface area contributed by atoms with Crippen LogP contribution >= 0.6 is 0 Å². The summed E-state index contributed by atoms with van der Waals surface area (Å²) in [5.41, 5.74) is 0. The van der Waals surface area contributed by atoms with Crippen LogP contribution in [-0.2, 0) is 9.59 Å². The Bertz CT molecular complexity index is 320. The quantitative estimate of drug-likeness (QED) is 0.249. The van der Waals surface area contributed by atoms with E-state index in [-0.39, 0.29) is 0 Å². The molecule has 0 spiro atoms. The minimum atomic E-state index is -0.939. The Kier molecular flexibility index (Phi) is 16.7. The van der Waals surface area contributed by atoms with Gasteiger partial charge in [0.2, 0.25) is 0 Å². The topological polar surface area (TPSA) is 74.6 Å². The van der Waals surface area contributed by atoms with Crippen molar-refractivity contribution in [2.75, 3.05) is 0 Å². The summed E-state index contributed by atoms with van der Waals surface area (Å²) in [5.74, 6) is -3.34. The maximum Gasteiger partial charge on any atom is 0.307 e. The number of rotatable bonds is 19. The predicted octanol–water partition coefficient (Wildman–Crippen LogP) is 6.67. The maximum atomic E-state index is 11.6. The second kappa shape index (κ2) is 17.4. The smallest absolute Gasteiger partial charge is 0.307 e. The zero-order valence-corrected chi connectivity index (χ0v) is 17.2. The highest BCUT2D eigenvalue weighted by atomic mass is 16.4. The molecule has 0 saturated carbocycles. The molecule has 4 nitrogen and oxygen atoms in total. The van der Waals surface area contributed by atoms with E-state index in [1.54, 1.807) is 0 Å². The van der Waals surface area contributed by atoms with Crippen LogP contribution in [0.3, 0.4) is 0 Å². The average Bonchev–Trinajstić information content (AvgIpc) is 2.60. The van der Waals surface area contributed by atoms with Gasteiger partial charge in [-0.1, -0.05) is 104 Å². The summed E-state index contributed by atoms with van der Waals surface area (Å²) in [4.78, 5) is 23.2. The van der Waals surface area contributed by atoms with Crippen molar-refractivity contribution in [3.05, 3.63) is 0 Å². The maximum absolute atomic E-state index is 11.6. The van der Waals surface area contributed by atoms with Crippen LogP contribution in [0.5, 0.6) is 0 Å². The standard InChI is InChI=1S/C22H42O4/c1-3-5-7-9-11-13-15-17-19(21(23)24)20(22(25)26)18-16-14-12-10-8-6-4-2/h19-20H,3-18H2,1-2H3,(H,23,24)(H,25,26). The van der Waals surface area contributed by atoms with Crippen molar-refractivity contribution in [2.45, 2.75) is 117 Å². The van der Waals surface area contributed by atoms with Gasteiger partial charge in [-0.2, -0.15) is 0 Å². The van der Waals surface area contributed by atoms with Crippen LogP contribution in [0.15, 0.2) is 0 Å². The van der Waals surface area contributed by atoms with Crippen molar-refractivity contribution in [3.8, 4) is 0 Å².